The van der Waals surface area contributed by atoms with Gasteiger partial charge in [0.05, 0.1) is 19.3 Å². The van der Waals surface area contributed by atoms with Crippen LogP contribution in [0.4, 0.5) is 0 Å². The first-order chi connectivity index (χ1) is 15.7. The number of benzene rings is 1. The summed E-state index contributed by atoms with van der Waals surface area (Å²) in [6, 6.07) is 12.0. The monoisotopic (exact) mass is 490 g/mol. The molecule has 1 aromatic heterocycles. The molecule has 1 saturated carbocycles. The second kappa shape index (κ2) is 11.8. The molecule has 182 valence electrons. The topological polar surface area (TPSA) is 53.5 Å². The largest absolute Gasteiger partial charge is 0.474 e. The van der Waals surface area contributed by atoms with Crippen molar-refractivity contribution in [1.82, 2.24) is 9.97 Å². The third-order valence-electron chi connectivity index (χ3n) is 6.99. The number of rotatable bonds is 11. The van der Waals surface area contributed by atoms with Crippen molar-refractivity contribution in [3.8, 4) is 5.88 Å². The SMILES string of the molecule is CC(C)[Si](O[C@H]1C[C@H](Oc2cc(Cl)ncn2)C[C@@H]1COCc1ccccc1)(C(C)C)C(C)C. The van der Waals surface area contributed by atoms with Gasteiger partial charge in [-0.3, -0.25) is 0 Å². The fraction of sp³-hybridized carbons (Fsp3) is 0.615. The zero-order valence-electron chi connectivity index (χ0n) is 20.8. The van der Waals surface area contributed by atoms with Gasteiger partial charge in [0.25, 0.3) is 0 Å². The van der Waals surface area contributed by atoms with E-state index in [1.54, 1.807) is 6.07 Å². The van der Waals surface area contributed by atoms with E-state index in [0.717, 1.165) is 12.8 Å². The third-order valence-corrected chi connectivity index (χ3v) is 13.3. The molecule has 3 rings (SSSR count). The fourth-order valence-electron chi connectivity index (χ4n) is 5.58. The molecule has 2 aromatic rings. The predicted molar refractivity (Wildman–Crippen MR) is 136 cm³/mol. The molecule has 3 atom stereocenters. The standard InChI is InChI=1S/C26H39ClN2O3Si/c1-18(2)33(19(3)4,20(5)6)32-24-13-23(31-26-14-25(27)28-17-29-26)12-22(24)16-30-15-21-10-8-7-9-11-21/h7-11,14,17-20,22-24H,12-13,15-16H2,1-6H3/t22-,23-,24+/m1/s1. The number of ether oxygens (including phenoxy) is 2. The van der Waals surface area contributed by atoms with Gasteiger partial charge in [-0.15, -0.1) is 0 Å². The maximum absolute atomic E-state index is 7.21. The van der Waals surface area contributed by atoms with Gasteiger partial charge in [0.2, 0.25) is 14.2 Å². The molecule has 0 radical (unpaired) electrons. The van der Waals surface area contributed by atoms with Crippen LogP contribution >= 0.6 is 11.6 Å². The van der Waals surface area contributed by atoms with Gasteiger partial charge in [-0.25, -0.2) is 9.97 Å². The lowest BCUT2D eigenvalue weighted by molar-refractivity contribution is 0.0395. The molecule has 0 spiro atoms. The molecule has 0 unspecified atom stereocenters. The first kappa shape index (κ1) is 26.1. The summed E-state index contributed by atoms with van der Waals surface area (Å²) in [4.78, 5) is 8.19. The minimum Gasteiger partial charge on any atom is -0.474 e. The smallest absolute Gasteiger partial charge is 0.218 e. The zero-order valence-corrected chi connectivity index (χ0v) is 22.6. The normalized spacial score (nSPS) is 21.3. The van der Waals surface area contributed by atoms with Crippen molar-refractivity contribution in [2.24, 2.45) is 5.92 Å². The number of aromatic nitrogens is 2. The molecule has 1 aromatic carbocycles. The summed E-state index contributed by atoms with van der Waals surface area (Å²) < 4.78 is 19.6. The maximum atomic E-state index is 7.21. The van der Waals surface area contributed by atoms with Crippen molar-refractivity contribution < 1.29 is 13.9 Å². The van der Waals surface area contributed by atoms with E-state index in [-0.39, 0.29) is 18.1 Å². The van der Waals surface area contributed by atoms with Crippen LogP contribution < -0.4 is 4.74 Å². The molecule has 0 saturated heterocycles. The van der Waals surface area contributed by atoms with Crippen molar-refractivity contribution in [2.45, 2.75) is 89.8 Å². The summed E-state index contributed by atoms with van der Waals surface area (Å²) in [5, 5.41) is 0.388. The van der Waals surface area contributed by atoms with Crippen LogP contribution in [0.5, 0.6) is 5.88 Å². The van der Waals surface area contributed by atoms with Crippen molar-refractivity contribution in [1.29, 1.82) is 0 Å². The second-order valence-corrected chi connectivity index (χ2v) is 15.9. The van der Waals surface area contributed by atoms with E-state index in [4.69, 9.17) is 25.5 Å². The van der Waals surface area contributed by atoms with Crippen molar-refractivity contribution in [2.75, 3.05) is 6.61 Å². The average molecular weight is 491 g/mol. The molecule has 0 amide bonds. The summed E-state index contributed by atoms with van der Waals surface area (Å²) in [5.41, 5.74) is 2.78. The molecule has 0 aliphatic heterocycles. The number of nitrogens with zero attached hydrogens (tertiary/aromatic N) is 2. The Morgan fingerprint density at radius 2 is 1.64 bits per heavy atom. The van der Waals surface area contributed by atoms with Crippen LogP contribution in [-0.4, -0.2) is 37.1 Å². The number of halogens is 1. The van der Waals surface area contributed by atoms with Gasteiger partial charge >= 0.3 is 0 Å². The van der Waals surface area contributed by atoms with Crippen LogP contribution in [0.15, 0.2) is 42.7 Å². The van der Waals surface area contributed by atoms with Gasteiger partial charge in [-0.05, 0) is 28.6 Å². The van der Waals surface area contributed by atoms with Gasteiger partial charge in [0, 0.05) is 18.4 Å². The lowest BCUT2D eigenvalue weighted by Crippen LogP contribution is -2.51. The average Bonchev–Trinajstić information content (AvgIpc) is 3.12. The van der Waals surface area contributed by atoms with Gasteiger partial charge in [0.15, 0.2) is 0 Å². The molecule has 33 heavy (non-hydrogen) atoms. The Bertz CT molecular complexity index is 844. The van der Waals surface area contributed by atoms with E-state index < -0.39 is 8.32 Å². The minimum atomic E-state index is -2.03. The van der Waals surface area contributed by atoms with E-state index in [0.29, 0.717) is 40.9 Å². The van der Waals surface area contributed by atoms with Crippen LogP contribution in [0.25, 0.3) is 0 Å². The molecule has 1 heterocycles. The van der Waals surface area contributed by atoms with Gasteiger partial charge in [0.1, 0.15) is 17.6 Å². The molecular formula is C26H39ClN2O3Si. The molecular weight excluding hydrogens is 452 g/mol. The molecule has 5 nitrogen and oxygen atoms in total. The third kappa shape index (κ3) is 6.56. The van der Waals surface area contributed by atoms with E-state index in [1.165, 1.54) is 11.9 Å². The molecule has 0 bridgehead atoms. The van der Waals surface area contributed by atoms with Crippen molar-refractivity contribution in [3.05, 3.63) is 53.4 Å². The summed E-state index contributed by atoms with van der Waals surface area (Å²) in [6.07, 6.45) is 3.28. The fourth-order valence-corrected chi connectivity index (χ4v) is 11.3. The molecule has 7 heteroatoms. The predicted octanol–water partition coefficient (Wildman–Crippen LogP) is 7.06. The Labute approximate surface area is 205 Å². The summed E-state index contributed by atoms with van der Waals surface area (Å²) in [5.74, 6) is 0.795. The molecule has 1 aliphatic rings. The van der Waals surface area contributed by atoms with E-state index >= 15 is 0 Å². The Morgan fingerprint density at radius 1 is 0.970 bits per heavy atom. The van der Waals surface area contributed by atoms with Crippen LogP contribution in [-0.2, 0) is 15.8 Å². The second-order valence-electron chi connectivity index (χ2n) is 10.1. The number of hydrogen-bond acceptors (Lipinski definition) is 5. The summed E-state index contributed by atoms with van der Waals surface area (Å²) >= 11 is 6.04. The first-order valence-corrected chi connectivity index (χ1v) is 14.7. The minimum absolute atomic E-state index is 0.0180. The summed E-state index contributed by atoms with van der Waals surface area (Å²) in [7, 11) is -2.03. The molecule has 1 aliphatic carbocycles. The summed E-state index contributed by atoms with van der Waals surface area (Å²) in [6.45, 7) is 15.3. The highest BCUT2D eigenvalue weighted by atomic mass is 35.5. The van der Waals surface area contributed by atoms with Crippen LogP contribution in [0.3, 0.4) is 0 Å². The number of hydrogen-bond donors (Lipinski definition) is 0. The maximum Gasteiger partial charge on any atom is 0.218 e. The molecule has 1 fully saturated rings. The lowest BCUT2D eigenvalue weighted by atomic mass is 10.1. The lowest BCUT2D eigenvalue weighted by Gasteiger charge is -2.45. The highest BCUT2D eigenvalue weighted by molar-refractivity contribution is 6.77. The van der Waals surface area contributed by atoms with Gasteiger partial charge in [-0.1, -0.05) is 83.5 Å². The Hall–Kier alpha value is -1.47. The van der Waals surface area contributed by atoms with Gasteiger partial charge < -0.3 is 13.9 Å². The zero-order chi connectivity index (χ0) is 24.0. The van der Waals surface area contributed by atoms with Crippen molar-refractivity contribution in [3.63, 3.8) is 0 Å². The molecule has 0 N–H and O–H groups in total. The van der Waals surface area contributed by atoms with Crippen LogP contribution in [0, 0.1) is 5.92 Å². The Balaban J connectivity index is 1.75. The van der Waals surface area contributed by atoms with Crippen LogP contribution in [0.1, 0.15) is 59.9 Å². The van der Waals surface area contributed by atoms with Crippen LogP contribution in [0.2, 0.25) is 21.8 Å². The van der Waals surface area contributed by atoms with E-state index in [2.05, 4.69) is 63.6 Å². The Kier molecular flexibility index (Phi) is 9.33. The van der Waals surface area contributed by atoms with E-state index in [9.17, 15) is 0 Å². The Morgan fingerprint density at radius 3 is 2.24 bits per heavy atom. The van der Waals surface area contributed by atoms with E-state index in [1.807, 2.05) is 18.2 Å². The first-order valence-electron chi connectivity index (χ1n) is 12.2. The highest BCUT2D eigenvalue weighted by Gasteiger charge is 2.49. The van der Waals surface area contributed by atoms with Gasteiger partial charge in [-0.2, -0.15) is 0 Å². The quantitative estimate of drug-likeness (QED) is 0.249. The highest BCUT2D eigenvalue weighted by Crippen LogP contribution is 2.46. The van der Waals surface area contributed by atoms with Crippen molar-refractivity contribution >= 4 is 19.9 Å².